The van der Waals surface area contributed by atoms with E-state index in [-0.39, 0.29) is 5.71 Å². The lowest BCUT2D eigenvalue weighted by Gasteiger charge is -2.11. The molecule has 0 radical (unpaired) electrons. The molecule has 0 saturated heterocycles. The van der Waals surface area contributed by atoms with Crippen LogP contribution >= 0.6 is 11.6 Å². The minimum absolute atomic E-state index is 0.258. The molecule has 0 fully saturated rings. The SMILES string of the molecule is CCOc1ncccc1-c1cc(Cl)c(N)c(C(C)=N)n1. The number of anilines is 1. The molecule has 0 unspecified atom stereocenters. The second-order valence-corrected chi connectivity index (χ2v) is 4.57. The molecule has 104 valence electrons. The molecule has 0 aliphatic heterocycles. The smallest absolute Gasteiger partial charge is 0.222 e. The number of aromatic nitrogens is 2. The number of hydrogen-bond donors (Lipinski definition) is 2. The third kappa shape index (κ3) is 2.72. The van der Waals surface area contributed by atoms with Crippen LogP contribution in [-0.2, 0) is 0 Å². The molecule has 6 heteroatoms. The van der Waals surface area contributed by atoms with Crippen molar-refractivity contribution in [3.05, 3.63) is 35.1 Å². The first-order valence-electron chi connectivity index (χ1n) is 6.14. The van der Waals surface area contributed by atoms with E-state index in [1.807, 2.05) is 13.0 Å². The van der Waals surface area contributed by atoms with Crippen molar-refractivity contribution in [3.8, 4) is 17.1 Å². The number of pyridine rings is 2. The van der Waals surface area contributed by atoms with E-state index in [2.05, 4.69) is 9.97 Å². The highest BCUT2D eigenvalue weighted by Gasteiger charge is 2.14. The molecule has 3 N–H and O–H groups in total. The zero-order chi connectivity index (χ0) is 14.7. The summed E-state index contributed by atoms with van der Waals surface area (Å²) in [4.78, 5) is 8.57. The lowest BCUT2D eigenvalue weighted by Crippen LogP contribution is -2.06. The van der Waals surface area contributed by atoms with Crippen LogP contribution in [0.4, 0.5) is 5.69 Å². The third-order valence-corrected chi connectivity index (χ3v) is 3.00. The molecule has 5 nitrogen and oxygen atoms in total. The summed E-state index contributed by atoms with van der Waals surface area (Å²) < 4.78 is 5.48. The van der Waals surface area contributed by atoms with Crippen molar-refractivity contribution >= 4 is 23.0 Å². The summed E-state index contributed by atoms with van der Waals surface area (Å²) >= 11 is 6.12. The average Bonchev–Trinajstić information content (AvgIpc) is 2.42. The van der Waals surface area contributed by atoms with E-state index in [1.165, 1.54) is 0 Å². The predicted octanol–water partition coefficient (Wildman–Crippen LogP) is 3.17. The molecular formula is C14H15ClN4O. The van der Waals surface area contributed by atoms with Gasteiger partial charge in [0.25, 0.3) is 0 Å². The second kappa shape index (κ2) is 5.88. The molecule has 0 atom stereocenters. The van der Waals surface area contributed by atoms with Gasteiger partial charge < -0.3 is 15.9 Å². The molecule has 0 amide bonds. The third-order valence-electron chi connectivity index (χ3n) is 2.69. The summed E-state index contributed by atoms with van der Waals surface area (Å²) in [6.07, 6.45) is 1.65. The fourth-order valence-corrected chi connectivity index (χ4v) is 1.98. The Morgan fingerprint density at radius 2 is 2.25 bits per heavy atom. The first kappa shape index (κ1) is 14.3. The Morgan fingerprint density at radius 1 is 1.50 bits per heavy atom. The van der Waals surface area contributed by atoms with Gasteiger partial charge in [-0.25, -0.2) is 9.97 Å². The number of halogens is 1. The van der Waals surface area contributed by atoms with E-state index >= 15 is 0 Å². The minimum Gasteiger partial charge on any atom is -0.477 e. The zero-order valence-corrected chi connectivity index (χ0v) is 12.0. The lowest BCUT2D eigenvalue weighted by atomic mass is 10.1. The maximum absolute atomic E-state index is 7.72. The van der Waals surface area contributed by atoms with E-state index in [0.29, 0.717) is 34.6 Å². The van der Waals surface area contributed by atoms with Gasteiger partial charge in [-0.2, -0.15) is 0 Å². The standard InChI is InChI=1S/C14H15ClN4O/c1-3-20-14-9(5-4-6-18-14)11-7-10(15)12(17)13(19-11)8(2)16/h4-7,16H,3,17H2,1-2H3. The van der Waals surface area contributed by atoms with Gasteiger partial charge in [-0.05, 0) is 32.0 Å². The van der Waals surface area contributed by atoms with Gasteiger partial charge in [0.2, 0.25) is 5.88 Å². The van der Waals surface area contributed by atoms with Gasteiger partial charge in [-0.15, -0.1) is 0 Å². The van der Waals surface area contributed by atoms with Crippen LogP contribution in [0.2, 0.25) is 5.02 Å². The lowest BCUT2D eigenvalue weighted by molar-refractivity contribution is 0.328. The van der Waals surface area contributed by atoms with Crippen molar-refractivity contribution in [2.45, 2.75) is 13.8 Å². The summed E-state index contributed by atoms with van der Waals surface area (Å²) in [7, 11) is 0. The molecule has 0 aliphatic carbocycles. The summed E-state index contributed by atoms with van der Waals surface area (Å²) in [5, 5.41) is 8.08. The van der Waals surface area contributed by atoms with Crippen molar-refractivity contribution in [1.29, 1.82) is 5.41 Å². The van der Waals surface area contributed by atoms with Crippen LogP contribution < -0.4 is 10.5 Å². The van der Waals surface area contributed by atoms with E-state index < -0.39 is 0 Å². The van der Waals surface area contributed by atoms with Gasteiger partial charge in [-0.3, -0.25) is 0 Å². The Hall–Kier alpha value is -2.14. The number of nitrogens with zero attached hydrogens (tertiary/aromatic N) is 2. The van der Waals surface area contributed by atoms with Gasteiger partial charge in [0, 0.05) is 6.20 Å². The van der Waals surface area contributed by atoms with E-state index in [9.17, 15) is 0 Å². The molecule has 2 aromatic heterocycles. The van der Waals surface area contributed by atoms with E-state index in [0.717, 1.165) is 5.56 Å². The van der Waals surface area contributed by atoms with Gasteiger partial charge >= 0.3 is 0 Å². The average molecular weight is 291 g/mol. The highest BCUT2D eigenvalue weighted by Crippen LogP contribution is 2.32. The van der Waals surface area contributed by atoms with Crippen LogP contribution in [0, 0.1) is 5.41 Å². The van der Waals surface area contributed by atoms with Gasteiger partial charge in [0.15, 0.2) is 0 Å². The molecule has 0 spiro atoms. The normalized spacial score (nSPS) is 10.3. The first-order chi connectivity index (χ1) is 9.54. The summed E-state index contributed by atoms with van der Waals surface area (Å²) in [6.45, 7) is 4.00. The molecule has 0 bridgehead atoms. The Balaban J connectivity index is 2.62. The van der Waals surface area contributed by atoms with Crippen LogP contribution in [0.5, 0.6) is 5.88 Å². The van der Waals surface area contributed by atoms with Crippen LogP contribution in [0.3, 0.4) is 0 Å². The maximum atomic E-state index is 7.72. The number of ether oxygens (including phenoxy) is 1. The minimum atomic E-state index is 0.258. The van der Waals surface area contributed by atoms with Crippen LogP contribution in [-0.4, -0.2) is 22.3 Å². The predicted molar refractivity (Wildman–Crippen MR) is 80.6 cm³/mol. The van der Waals surface area contributed by atoms with Crippen molar-refractivity contribution in [2.24, 2.45) is 0 Å². The quantitative estimate of drug-likeness (QED) is 0.847. The monoisotopic (exact) mass is 290 g/mol. The van der Waals surface area contributed by atoms with Crippen molar-refractivity contribution in [3.63, 3.8) is 0 Å². The van der Waals surface area contributed by atoms with E-state index in [4.69, 9.17) is 27.5 Å². The largest absolute Gasteiger partial charge is 0.477 e. The molecule has 2 rings (SSSR count). The molecule has 0 aromatic carbocycles. The van der Waals surface area contributed by atoms with Gasteiger partial charge in [-0.1, -0.05) is 11.6 Å². The number of nitrogen functional groups attached to an aromatic ring is 1. The fourth-order valence-electron chi connectivity index (χ4n) is 1.79. The number of rotatable bonds is 4. The Bertz CT molecular complexity index is 658. The Kier molecular flexibility index (Phi) is 4.20. The summed E-state index contributed by atoms with van der Waals surface area (Å²) in [5.74, 6) is 0.483. The van der Waals surface area contributed by atoms with Crippen molar-refractivity contribution in [1.82, 2.24) is 9.97 Å². The molecular weight excluding hydrogens is 276 g/mol. The highest BCUT2D eigenvalue weighted by molar-refractivity contribution is 6.34. The number of nitrogens with two attached hydrogens (primary N) is 1. The Labute approximate surface area is 122 Å². The summed E-state index contributed by atoms with van der Waals surface area (Å²) in [5.41, 5.74) is 8.09. The molecule has 0 saturated carbocycles. The van der Waals surface area contributed by atoms with Gasteiger partial charge in [0.1, 0.15) is 5.69 Å². The molecule has 20 heavy (non-hydrogen) atoms. The maximum Gasteiger partial charge on any atom is 0.222 e. The van der Waals surface area contributed by atoms with Crippen LogP contribution in [0.15, 0.2) is 24.4 Å². The zero-order valence-electron chi connectivity index (χ0n) is 11.3. The Morgan fingerprint density at radius 3 is 2.90 bits per heavy atom. The number of hydrogen-bond acceptors (Lipinski definition) is 5. The van der Waals surface area contributed by atoms with Gasteiger partial charge in [0.05, 0.1) is 34.3 Å². The van der Waals surface area contributed by atoms with Crippen molar-refractivity contribution in [2.75, 3.05) is 12.3 Å². The molecule has 2 aromatic rings. The molecule has 2 heterocycles. The van der Waals surface area contributed by atoms with Crippen LogP contribution in [0.25, 0.3) is 11.3 Å². The first-order valence-corrected chi connectivity index (χ1v) is 6.52. The second-order valence-electron chi connectivity index (χ2n) is 4.17. The molecule has 0 aliphatic rings. The number of nitrogens with one attached hydrogen (secondary N) is 1. The summed E-state index contributed by atoms with van der Waals surface area (Å²) in [6, 6.07) is 5.29. The van der Waals surface area contributed by atoms with Crippen LogP contribution in [0.1, 0.15) is 19.5 Å². The topological polar surface area (TPSA) is 84.9 Å². The fraction of sp³-hybridized carbons (Fsp3) is 0.214. The highest BCUT2D eigenvalue weighted by atomic mass is 35.5. The van der Waals surface area contributed by atoms with Crippen molar-refractivity contribution < 1.29 is 4.74 Å². The van der Waals surface area contributed by atoms with E-state index in [1.54, 1.807) is 25.3 Å².